The average Bonchev–Trinajstić information content (AvgIpc) is 2.20. The number of hydrogen-bond acceptors (Lipinski definition) is 4. The summed E-state index contributed by atoms with van der Waals surface area (Å²) in [4.78, 5) is 22.2. The Labute approximate surface area is 93.5 Å². The minimum absolute atomic E-state index is 0.0274. The van der Waals surface area contributed by atoms with Gasteiger partial charge in [0.05, 0.1) is 11.5 Å². The van der Waals surface area contributed by atoms with Crippen molar-refractivity contribution in [1.82, 2.24) is 10.6 Å². The maximum atomic E-state index is 11.1. The second kappa shape index (κ2) is 8.13. The molecular weight excluding hydrogens is 218 g/mol. The zero-order valence-electron chi connectivity index (χ0n) is 8.54. The van der Waals surface area contributed by atoms with Crippen molar-refractivity contribution in [3.8, 4) is 0 Å². The van der Waals surface area contributed by atoms with Crippen molar-refractivity contribution in [3.63, 3.8) is 0 Å². The van der Waals surface area contributed by atoms with E-state index in [0.29, 0.717) is 19.6 Å². The third-order valence-corrected chi connectivity index (χ3v) is 1.58. The van der Waals surface area contributed by atoms with Crippen molar-refractivity contribution < 1.29 is 14.3 Å². The third-order valence-electron chi connectivity index (χ3n) is 1.44. The third kappa shape index (κ3) is 7.83. The molecule has 0 unspecified atom stereocenters. The minimum Gasteiger partial charge on any atom is -0.392 e. The van der Waals surface area contributed by atoms with E-state index in [1.54, 1.807) is 7.11 Å². The molecule has 0 bridgehead atoms. The van der Waals surface area contributed by atoms with Crippen LogP contribution in [0, 0.1) is 0 Å². The Hall–Kier alpha value is -1.21. The van der Waals surface area contributed by atoms with Gasteiger partial charge in [-0.3, -0.25) is 9.59 Å². The standard InChI is InChI=1S/C8H15N3O3S/c1-14-4-2-3-10-7(12)8(13)11-5-6(9)15/h2-5H2,1H3,(H2,9,15)(H,10,12)(H,11,13). The Morgan fingerprint density at radius 2 is 1.93 bits per heavy atom. The van der Waals surface area contributed by atoms with E-state index in [4.69, 9.17) is 10.5 Å². The zero-order valence-corrected chi connectivity index (χ0v) is 9.36. The minimum atomic E-state index is -0.736. The Morgan fingerprint density at radius 1 is 1.33 bits per heavy atom. The summed E-state index contributed by atoms with van der Waals surface area (Å²) in [7, 11) is 1.57. The number of hydrogen-bond donors (Lipinski definition) is 3. The average molecular weight is 233 g/mol. The molecule has 0 radical (unpaired) electrons. The number of methoxy groups -OCH3 is 1. The molecule has 0 saturated heterocycles. The molecule has 7 heteroatoms. The molecule has 0 aliphatic heterocycles. The Morgan fingerprint density at radius 3 is 2.47 bits per heavy atom. The van der Waals surface area contributed by atoms with Crippen molar-refractivity contribution >= 4 is 29.0 Å². The Kier molecular flexibility index (Phi) is 7.47. The van der Waals surface area contributed by atoms with Gasteiger partial charge < -0.3 is 21.1 Å². The molecule has 4 N–H and O–H groups in total. The molecule has 0 saturated carbocycles. The quantitative estimate of drug-likeness (QED) is 0.296. The smallest absolute Gasteiger partial charge is 0.309 e. The Bertz CT molecular complexity index is 245. The summed E-state index contributed by atoms with van der Waals surface area (Å²) < 4.78 is 4.78. The van der Waals surface area contributed by atoms with Gasteiger partial charge in [0, 0.05) is 20.3 Å². The first-order chi connectivity index (χ1) is 7.07. The lowest BCUT2D eigenvalue weighted by atomic mass is 10.4. The normalized spacial score (nSPS) is 9.40. The lowest BCUT2D eigenvalue weighted by Gasteiger charge is -2.05. The molecule has 15 heavy (non-hydrogen) atoms. The lowest BCUT2D eigenvalue weighted by Crippen LogP contribution is -2.43. The predicted molar refractivity (Wildman–Crippen MR) is 59.3 cm³/mol. The molecule has 86 valence electrons. The molecule has 0 aromatic rings. The molecule has 0 aromatic carbocycles. The van der Waals surface area contributed by atoms with Crippen LogP contribution in [0.1, 0.15) is 6.42 Å². The fraction of sp³-hybridized carbons (Fsp3) is 0.625. The van der Waals surface area contributed by atoms with Crippen molar-refractivity contribution in [2.75, 3.05) is 26.8 Å². The number of thiocarbonyl (C=S) groups is 1. The molecule has 0 aromatic heterocycles. The summed E-state index contributed by atoms with van der Waals surface area (Å²) in [5.74, 6) is -1.43. The van der Waals surface area contributed by atoms with Gasteiger partial charge in [-0.1, -0.05) is 12.2 Å². The van der Waals surface area contributed by atoms with E-state index in [2.05, 4.69) is 22.9 Å². The molecular formula is C8H15N3O3S. The number of nitrogens with two attached hydrogens (primary N) is 1. The van der Waals surface area contributed by atoms with Crippen LogP contribution in [-0.4, -0.2) is 43.6 Å². The van der Waals surface area contributed by atoms with E-state index in [1.807, 2.05) is 0 Å². The second-order valence-corrected chi connectivity index (χ2v) is 3.28. The van der Waals surface area contributed by atoms with E-state index in [9.17, 15) is 9.59 Å². The van der Waals surface area contributed by atoms with E-state index < -0.39 is 11.8 Å². The number of carbonyl (C=O) groups excluding carboxylic acids is 2. The first-order valence-corrected chi connectivity index (χ1v) is 4.82. The van der Waals surface area contributed by atoms with Crippen LogP contribution in [0.25, 0.3) is 0 Å². The summed E-state index contributed by atoms with van der Waals surface area (Å²) in [6, 6.07) is 0. The molecule has 2 amide bonds. The van der Waals surface area contributed by atoms with Crippen LogP contribution in [0.3, 0.4) is 0 Å². The van der Waals surface area contributed by atoms with Crippen LogP contribution in [-0.2, 0) is 14.3 Å². The van der Waals surface area contributed by atoms with Gasteiger partial charge in [-0.2, -0.15) is 0 Å². The van der Waals surface area contributed by atoms with Gasteiger partial charge in [0.25, 0.3) is 0 Å². The molecule has 0 rings (SSSR count). The SMILES string of the molecule is COCCCNC(=O)C(=O)NCC(N)=S. The van der Waals surface area contributed by atoms with Crippen LogP contribution in [0.4, 0.5) is 0 Å². The van der Waals surface area contributed by atoms with Gasteiger partial charge in [-0.15, -0.1) is 0 Å². The van der Waals surface area contributed by atoms with Crippen LogP contribution in [0.5, 0.6) is 0 Å². The predicted octanol–water partition coefficient (Wildman–Crippen LogP) is -1.46. The van der Waals surface area contributed by atoms with Crippen LogP contribution >= 0.6 is 12.2 Å². The maximum Gasteiger partial charge on any atom is 0.309 e. The van der Waals surface area contributed by atoms with Gasteiger partial charge >= 0.3 is 11.8 Å². The van der Waals surface area contributed by atoms with Gasteiger partial charge in [-0.05, 0) is 6.42 Å². The van der Waals surface area contributed by atoms with Crippen molar-refractivity contribution in [2.24, 2.45) is 5.73 Å². The van der Waals surface area contributed by atoms with E-state index in [1.165, 1.54) is 0 Å². The maximum absolute atomic E-state index is 11.1. The first-order valence-electron chi connectivity index (χ1n) is 4.41. The van der Waals surface area contributed by atoms with E-state index in [0.717, 1.165) is 0 Å². The fourth-order valence-corrected chi connectivity index (χ4v) is 0.819. The highest BCUT2D eigenvalue weighted by atomic mass is 32.1. The highest BCUT2D eigenvalue weighted by molar-refractivity contribution is 7.80. The summed E-state index contributed by atoms with van der Waals surface area (Å²) >= 11 is 4.54. The molecule has 6 nitrogen and oxygen atoms in total. The highest BCUT2D eigenvalue weighted by Gasteiger charge is 2.11. The second-order valence-electron chi connectivity index (χ2n) is 2.75. The summed E-state index contributed by atoms with van der Waals surface area (Å²) in [6.45, 7) is 0.960. The van der Waals surface area contributed by atoms with Gasteiger partial charge in [0.2, 0.25) is 0 Å². The van der Waals surface area contributed by atoms with Gasteiger partial charge in [-0.25, -0.2) is 0 Å². The fourth-order valence-electron chi connectivity index (χ4n) is 0.746. The molecule has 0 heterocycles. The number of rotatable bonds is 6. The summed E-state index contributed by atoms with van der Waals surface area (Å²) in [5, 5.41) is 4.70. The topological polar surface area (TPSA) is 93.4 Å². The number of carbonyl (C=O) groups is 2. The number of amides is 2. The number of ether oxygens (including phenoxy) is 1. The largest absolute Gasteiger partial charge is 0.392 e. The van der Waals surface area contributed by atoms with Crippen molar-refractivity contribution in [2.45, 2.75) is 6.42 Å². The molecule has 0 aliphatic carbocycles. The van der Waals surface area contributed by atoms with E-state index in [-0.39, 0.29) is 11.5 Å². The lowest BCUT2D eigenvalue weighted by molar-refractivity contribution is -0.139. The highest BCUT2D eigenvalue weighted by Crippen LogP contribution is 1.77. The van der Waals surface area contributed by atoms with Crippen molar-refractivity contribution in [1.29, 1.82) is 0 Å². The Balaban J connectivity index is 3.60. The molecule has 0 atom stereocenters. The van der Waals surface area contributed by atoms with Crippen LogP contribution < -0.4 is 16.4 Å². The molecule has 0 fully saturated rings. The first kappa shape index (κ1) is 13.8. The van der Waals surface area contributed by atoms with Crippen LogP contribution in [0.15, 0.2) is 0 Å². The van der Waals surface area contributed by atoms with E-state index >= 15 is 0 Å². The monoisotopic (exact) mass is 233 g/mol. The van der Waals surface area contributed by atoms with Gasteiger partial charge in [0.1, 0.15) is 0 Å². The summed E-state index contributed by atoms with van der Waals surface area (Å²) in [5.41, 5.74) is 5.15. The number of nitrogens with one attached hydrogen (secondary N) is 2. The molecule has 0 aliphatic rings. The molecule has 0 spiro atoms. The zero-order chi connectivity index (χ0) is 11.7. The van der Waals surface area contributed by atoms with Gasteiger partial charge in [0.15, 0.2) is 0 Å². The summed E-state index contributed by atoms with van der Waals surface area (Å²) in [6.07, 6.45) is 0.658. The van der Waals surface area contributed by atoms with Crippen LogP contribution in [0.2, 0.25) is 0 Å². The van der Waals surface area contributed by atoms with Crippen molar-refractivity contribution in [3.05, 3.63) is 0 Å².